The molecule has 0 N–H and O–H groups in total. The van der Waals surface area contributed by atoms with E-state index in [-0.39, 0.29) is 29.2 Å². The maximum Gasteiger partial charge on any atom is 0.338 e. The highest BCUT2D eigenvalue weighted by Gasteiger charge is 2.34. The molecule has 0 spiro atoms. The third-order valence-corrected chi connectivity index (χ3v) is 8.58. The lowest BCUT2D eigenvalue weighted by molar-refractivity contribution is -0.138. The third kappa shape index (κ3) is 7.52. The Morgan fingerprint density at radius 2 is 1.56 bits per heavy atom. The lowest BCUT2D eigenvalue weighted by Gasteiger charge is -2.29. The molecule has 254 valence electrons. The highest BCUT2D eigenvalue weighted by molar-refractivity contribution is 7.07. The summed E-state index contributed by atoms with van der Waals surface area (Å²) in [6.45, 7) is 20.2. The van der Waals surface area contributed by atoms with Crippen LogP contribution in [-0.2, 0) is 30.0 Å². The van der Waals surface area contributed by atoms with E-state index in [1.165, 1.54) is 42.9 Å². The van der Waals surface area contributed by atoms with E-state index in [0.717, 1.165) is 16.7 Å². The number of allylic oxidation sites excluding steroid dienone is 1. The fourth-order valence-corrected chi connectivity index (χ4v) is 6.50. The van der Waals surface area contributed by atoms with E-state index < -0.39 is 34.8 Å². The van der Waals surface area contributed by atoms with E-state index >= 15 is 0 Å². The number of methoxy groups -OCH3 is 1. The molecule has 1 aliphatic rings. The lowest BCUT2D eigenvalue weighted by Crippen LogP contribution is -2.40. The van der Waals surface area contributed by atoms with E-state index in [2.05, 4.69) is 11.6 Å². The number of nitrogens with zero attached hydrogens (tertiary/aromatic N) is 2. The van der Waals surface area contributed by atoms with Crippen molar-refractivity contribution in [1.29, 1.82) is 0 Å². The van der Waals surface area contributed by atoms with Gasteiger partial charge >= 0.3 is 17.9 Å². The summed E-state index contributed by atoms with van der Waals surface area (Å²) in [6, 6.07) is 7.79. The van der Waals surface area contributed by atoms with Crippen molar-refractivity contribution in [3.8, 4) is 17.2 Å². The van der Waals surface area contributed by atoms with Gasteiger partial charge in [0.05, 0.1) is 29.0 Å². The number of benzene rings is 2. The maximum absolute atomic E-state index is 14.4. The van der Waals surface area contributed by atoms with Gasteiger partial charge in [0.25, 0.3) is 5.56 Å². The minimum absolute atomic E-state index is 0.0307. The number of esters is 3. The molecule has 0 amide bonds. The van der Waals surface area contributed by atoms with Gasteiger partial charge in [0.1, 0.15) is 12.4 Å². The first-order valence-corrected chi connectivity index (χ1v) is 16.2. The van der Waals surface area contributed by atoms with Gasteiger partial charge in [-0.25, -0.2) is 9.79 Å². The van der Waals surface area contributed by atoms with Gasteiger partial charge in [0.2, 0.25) is 0 Å². The molecule has 2 heterocycles. The monoisotopic (exact) mass is 674 g/mol. The predicted octanol–water partition coefficient (Wildman–Crippen LogP) is 5.42. The summed E-state index contributed by atoms with van der Waals surface area (Å²) in [6.07, 6.45) is 3.25. The van der Waals surface area contributed by atoms with Gasteiger partial charge in [0.15, 0.2) is 16.3 Å². The molecule has 0 bridgehead atoms. The lowest BCUT2D eigenvalue weighted by atomic mass is 9.78. The highest BCUT2D eigenvalue weighted by atomic mass is 32.1. The van der Waals surface area contributed by atoms with Crippen LogP contribution in [0.4, 0.5) is 0 Å². The number of ether oxygens (including phenoxy) is 4. The Bertz CT molecular complexity index is 1980. The fourth-order valence-electron chi connectivity index (χ4n) is 5.46. The van der Waals surface area contributed by atoms with Crippen LogP contribution in [0.15, 0.2) is 64.0 Å². The van der Waals surface area contributed by atoms with Crippen molar-refractivity contribution >= 4 is 35.3 Å². The summed E-state index contributed by atoms with van der Waals surface area (Å²) in [4.78, 5) is 56.7. The van der Waals surface area contributed by atoms with E-state index in [0.29, 0.717) is 26.3 Å². The van der Waals surface area contributed by atoms with Crippen LogP contribution in [0.3, 0.4) is 0 Å². The van der Waals surface area contributed by atoms with E-state index in [1.807, 2.05) is 53.7 Å². The minimum Gasteiger partial charge on any atom is -0.493 e. The van der Waals surface area contributed by atoms with Gasteiger partial charge in [-0.1, -0.05) is 71.6 Å². The summed E-state index contributed by atoms with van der Waals surface area (Å²) in [7, 11) is 1.43. The Balaban J connectivity index is 2.02. The maximum atomic E-state index is 14.4. The van der Waals surface area contributed by atoms with Crippen LogP contribution in [0.25, 0.3) is 6.08 Å². The number of hydrogen-bond donors (Lipinski definition) is 0. The summed E-state index contributed by atoms with van der Waals surface area (Å²) in [5.41, 5.74) is 2.33. The van der Waals surface area contributed by atoms with Crippen molar-refractivity contribution in [2.24, 2.45) is 4.99 Å². The van der Waals surface area contributed by atoms with Gasteiger partial charge in [-0.3, -0.25) is 19.0 Å². The highest BCUT2D eigenvalue weighted by Crippen LogP contribution is 2.41. The van der Waals surface area contributed by atoms with Crippen molar-refractivity contribution in [1.82, 2.24) is 4.57 Å². The zero-order chi connectivity index (χ0) is 35.7. The van der Waals surface area contributed by atoms with Crippen molar-refractivity contribution in [3.63, 3.8) is 0 Å². The number of fused-ring (bicyclic) bond motifs is 1. The summed E-state index contributed by atoms with van der Waals surface area (Å²) < 4.78 is 23.9. The third-order valence-electron chi connectivity index (χ3n) is 7.60. The topological polar surface area (TPSA) is 122 Å². The molecule has 1 aliphatic heterocycles. The Hall–Kier alpha value is -4.77. The average Bonchev–Trinajstić information content (AvgIpc) is 3.28. The first-order valence-electron chi connectivity index (χ1n) is 15.4. The van der Waals surface area contributed by atoms with Crippen LogP contribution in [-0.4, -0.2) is 36.2 Å². The van der Waals surface area contributed by atoms with Crippen molar-refractivity contribution in [2.45, 2.75) is 79.2 Å². The standard InChI is InChI=1S/C37H42N2O8S/c1-12-15-45-34(43)30-20(2)38-35-39(31(30)24-13-14-27(46-21(3)40)28(19-24)44-11)33(42)29(48-35)18-23-16-25(36(5,6)7)32(47-22(4)41)26(17-23)37(8,9)10/h12-14,16-19,31H,1,15H2,2-11H3/b29-18-. The molecule has 11 heteroatoms. The molecule has 0 aliphatic carbocycles. The zero-order valence-corrected chi connectivity index (χ0v) is 29.9. The largest absolute Gasteiger partial charge is 0.493 e. The van der Waals surface area contributed by atoms with E-state index in [4.69, 9.17) is 18.9 Å². The van der Waals surface area contributed by atoms with Gasteiger partial charge in [-0.2, -0.15) is 0 Å². The number of thiazole rings is 1. The van der Waals surface area contributed by atoms with Gasteiger partial charge < -0.3 is 18.9 Å². The molecule has 0 radical (unpaired) electrons. The summed E-state index contributed by atoms with van der Waals surface area (Å²) in [5, 5.41) is 0. The Kier molecular flexibility index (Phi) is 10.3. The molecule has 2 aromatic carbocycles. The Morgan fingerprint density at radius 1 is 0.958 bits per heavy atom. The number of aromatic nitrogens is 1. The average molecular weight is 675 g/mol. The van der Waals surface area contributed by atoms with E-state index in [1.54, 1.807) is 31.2 Å². The van der Waals surface area contributed by atoms with Crippen LogP contribution < -0.4 is 29.1 Å². The minimum atomic E-state index is -0.928. The quantitative estimate of drug-likeness (QED) is 0.177. The second-order valence-electron chi connectivity index (χ2n) is 13.5. The van der Waals surface area contributed by atoms with Gasteiger partial charge in [0, 0.05) is 25.0 Å². The SMILES string of the molecule is C=CCOC(=O)C1=C(C)N=c2s/c(=C\c3cc(C(C)(C)C)c(OC(C)=O)c(C(C)(C)C)c3)c(=O)n2C1c1ccc(OC(C)=O)c(OC)c1. The number of hydrogen-bond acceptors (Lipinski definition) is 10. The molecule has 0 saturated carbocycles. The Labute approximate surface area is 284 Å². The fraction of sp³-hybridized carbons (Fsp3) is 0.378. The normalized spacial score (nSPS) is 15.0. The van der Waals surface area contributed by atoms with Gasteiger partial charge in [-0.05, 0) is 59.2 Å². The number of rotatable bonds is 8. The van der Waals surface area contributed by atoms with E-state index in [9.17, 15) is 19.2 Å². The summed E-state index contributed by atoms with van der Waals surface area (Å²) in [5.74, 6) is -0.629. The molecule has 1 atom stereocenters. The first-order chi connectivity index (χ1) is 22.4. The van der Waals surface area contributed by atoms with Crippen molar-refractivity contribution in [3.05, 3.63) is 96.2 Å². The number of carbonyl (C=O) groups is 3. The van der Waals surface area contributed by atoms with Crippen molar-refractivity contribution < 1.29 is 33.3 Å². The molecule has 1 aromatic heterocycles. The van der Waals surface area contributed by atoms with Crippen LogP contribution >= 0.6 is 11.3 Å². The molecule has 0 fully saturated rings. The van der Waals surface area contributed by atoms with Crippen molar-refractivity contribution in [2.75, 3.05) is 13.7 Å². The van der Waals surface area contributed by atoms with Crippen LogP contribution in [0.5, 0.6) is 17.2 Å². The molecule has 48 heavy (non-hydrogen) atoms. The second-order valence-corrected chi connectivity index (χ2v) is 14.5. The molecule has 10 nitrogen and oxygen atoms in total. The second kappa shape index (κ2) is 13.8. The molecule has 4 rings (SSSR count). The Morgan fingerprint density at radius 3 is 2.08 bits per heavy atom. The smallest absolute Gasteiger partial charge is 0.338 e. The molecular formula is C37H42N2O8S. The first kappa shape index (κ1) is 36.1. The zero-order valence-electron chi connectivity index (χ0n) is 29.1. The molecule has 3 aromatic rings. The van der Waals surface area contributed by atoms with Crippen LogP contribution in [0.2, 0.25) is 0 Å². The molecule has 0 saturated heterocycles. The molecular weight excluding hydrogens is 632 g/mol. The molecule has 1 unspecified atom stereocenters. The number of carbonyl (C=O) groups excluding carboxylic acids is 3. The predicted molar refractivity (Wildman–Crippen MR) is 184 cm³/mol. The van der Waals surface area contributed by atoms with Gasteiger partial charge in [-0.15, -0.1) is 0 Å². The summed E-state index contributed by atoms with van der Waals surface area (Å²) >= 11 is 1.19. The van der Waals surface area contributed by atoms with Crippen LogP contribution in [0.1, 0.15) is 90.6 Å². The van der Waals surface area contributed by atoms with Crippen LogP contribution in [0, 0.1) is 0 Å².